The molecule has 2 aliphatic carbocycles. The fourth-order valence-corrected chi connectivity index (χ4v) is 3.62. The van der Waals surface area contributed by atoms with Crippen LogP contribution in [0.5, 0.6) is 0 Å². The molecule has 0 radical (unpaired) electrons. The molecular weight excluding hydrogens is 236 g/mol. The van der Waals surface area contributed by atoms with Gasteiger partial charge in [0.05, 0.1) is 0 Å². The first-order valence-electron chi connectivity index (χ1n) is 8.06. The summed E-state index contributed by atoms with van der Waals surface area (Å²) < 4.78 is 0. The Bertz CT molecular complexity index is 298. The van der Waals surface area contributed by atoms with E-state index in [0.29, 0.717) is 30.8 Å². The maximum absolute atomic E-state index is 12.7. The van der Waals surface area contributed by atoms with E-state index in [1.807, 2.05) is 0 Å². The van der Waals surface area contributed by atoms with Gasteiger partial charge in [0.25, 0.3) is 0 Å². The van der Waals surface area contributed by atoms with E-state index in [4.69, 9.17) is 5.73 Å². The van der Waals surface area contributed by atoms with Crippen LogP contribution in [0.4, 0.5) is 0 Å². The van der Waals surface area contributed by atoms with Gasteiger partial charge >= 0.3 is 0 Å². The van der Waals surface area contributed by atoms with Gasteiger partial charge in [0.2, 0.25) is 5.91 Å². The average molecular weight is 266 g/mol. The van der Waals surface area contributed by atoms with Crippen molar-refractivity contribution in [2.75, 3.05) is 13.1 Å². The molecule has 0 aliphatic heterocycles. The van der Waals surface area contributed by atoms with Crippen LogP contribution in [0.1, 0.15) is 65.2 Å². The van der Waals surface area contributed by atoms with Crippen LogP contribution < -0.4 is 5.73 Å². The fraction of sp³-hybridized carbons (Fsp3) is 0.938. The zero-order valence-electron chi connectivity index (χ0n) is 12.7. The molecule has 0 atom stereocenters. The first kappa shape index (κ1) is 14.8. The average Bonchev–Trinajstić information content (AvgIpc) is 2.83. The maximum Gasteiger partial charge on any atom is 0.223 e. The van der Waals surface area contributed by atoms with Crippen LogP contribution in [0.15, 0.2) is 0 Å². The molecule has 0 aromatic carbocycles. The molecule has 2 fully saturated rings. The quantitative estimate of drug-likeness (QED) is 0.803. The normalized spacial score (nSPS) is 22.5. The Kier molecular flexibility index (Phi) is 4.88. The summed E-state index contributed by atoms with van der Waals surface area (Å²) in [5.41, 5.74) is 6.04. The molecule has 19 heavy (non-hydrogen) atoms. The van der Waals surface area contributed by atoms with Crippen molar-refractivity contribution in [2.45, 2.75) is 71.3 Å². The molecule has 110 valence electrons. The topological polar surface area (TPSA) is 46.3 Å². The van der Waals surface area contributed by atoms with E-state index in [-0.39, 0.29) is 5.41 Å². The molecule has 2 N–H and O–H groups in total. The minimum Gasteiger partial charge on any atom is -0.339 e. The molecule has 2 saturated carbocycles. The summed E-state index contributed by atoms with van der Waals surface area (Å²) >= 11 is 0. The van der Waals surface area contributed by atoms with Crippen molar-refractivity contribution in [2.24, 2.45) is 17.1 Å². The molecule has 2 rings (SSSR count). The van der Waals surface area contributed by atoms with Gasteiger partial charge in [-0.3, -0.25) is 4.79 Å². The van der Waals surface area contributed by atoms with Crippen LogP contribution in [-0.4, -0.2) is 29.9 Å². The Hall–Kier alpha value is -0.570. The fourth-order valence-electron chi connectivity index (χ4n) is 3.62. The Balaban J connectivity index is 1.98. The predicted octanol–water partition coefficient (Wildman–Crippen LogP) is 2.93. The van der Waals surface area contributed by atoms with E-state index >= 15 is 0 Å². The van der Waals surface area contributed by atoms with Crippen molar-refractivity contribution < 1.29 is 4.79 Å². The molecule has 3 nitrogen and oxygen atoms in total. The summed E-state index contributed by atoms with van der Waals surface area (Å²) in [6.07, 6.45) is 9.21. The summed E-state index contributed by atoms with van der Waals surface area (Å²) in [5, 5.41) is 0. The van der Waals surface area contributed by atoms with Gasteiger partial charge in [0, 0.05) is 19.0 Å². The van der Waals surface area contributed by atoms with Crippen molar-refractivity contribution in [3.8, 4) is 0 Å². The van der Waals surface area contributed by atoms with Crippen molar-refractivity contribution in [1.29, 1.82) is 0 Å². The molecule has 0 unspecified atom stereocenters. The van der Waals surface area contributed by atoms with Gasteiger partial charge in [-0.05, 0) is 43.6 Å². The van der Waals surface area contributed by atoms with Crippen LogP contribution in [0, 0.1) is 11.3 Å². The molecule has 3 heteroatoms. The maximum atomic E-state index is 12.7. The molecule has 0 bridgehead atoms. The number of amides is 1. The Morgan fingerprint density at radius 2 is 1.89 bits per heavy atom. The molecule has 0 aromatic heterocycles. The van der Waals surface area contributed by atoms with E-state index in [1.165, 1.54) is 32.1 Å². The minimum atomic E-state index is 0.144. The van der Waals surface area contributed by atoms with Crippen LogP contribution in [-0.2, 0) is 4.79 Å². The van der Waals surface area contributed by atoms with Gasteiger partial charge in [0.1, 0.15) is 0 Å². The summed E-state index contributed by atoms with van der Waals surface area (Å²) in [7, 11) is 0. The zero-order valence-corrected chi connectivity index (χ0v) is 12.7. The first-order chi connectivity index (χ1) is 9.06. The highest BCUT2D eigenvalue weighted by molar-refractivity contribution is 5.77. The second-order valence-corrected chi connectivity index (χ2v) is 7.11. The van der Waals surface area contributed by atoms with Gasteiger partial charge in [-0.1, -0.05) is 33.1 Å². The highest BCUT2D eigenvalue weighted by Gasteiger charge is 2.39. The smallest absolute Gasteiger partial charge is 0.223 e. The number of hydrogen-bond donors (Lipinski definition) is 1. The molecule has 0 saturated heterocycles. The second kappa shape index (κ2) is 6.25. The summed E-state index contributed by atoms with van der Waals surface area (Å²) in [4.78, 5) is 14.9. The number of rotatable bonds is 6. The van der Waals surface area contributed by atoms with Crippen LogP contribution >= 0.6 is 0 Å². The lowest BCUT2D eigenvalue weighted by molar-refractivity contribution is -0.138. The number of carbonyl (C=O) groups excluding carboxylic acids is 1. The summed E-state index contributed by atoms with van der Waals surface area (Å²) in [5.74, 6) is 0.922. The van der Waals surface area contributed by atoms with Gasteiger partial charge in [0.15, 0.2) is 0 Å². The Morgan fingerprint density at radius 1 is 1.26 bits per heavy atom. The third kappa shape index (κ3) is 3.50. The van der Waals surface area contributed by atoms with E-state index in [1.54, 1.807) is 0 Å². The van der Waals surface area contributed by atoms with Crippen molar-refractivity contribution in [3.05, 3.63) is 0 Å². The van der Waals surface area contributed by atoms with E-state index in [2.05, 4.69) is 18.7 Å². The molecule has 0 aromatic rings. The number of hydrogen-bond acceptors (Lipinski definition) is 2. The van der Waals surface area contributed by atoms with Crippen LogP contribution in [0.3, 0.4) is 0 Å². The second-order valence-electron chi connectivity index (χ2n) is 7.11. The van der Waals surface area contributed by atoms with Crippen molar-refractivity contribution in [3.63, 3.8) is 0 Å². The van der Waals surface area contributed by atoms with Gasteiger partial charge in [-0.15, -0.1) is 0 Å². The highest BCUT2D eigenvalue weighted by Crippen LogP contribution is 2.43. The SMILES string of the molecule is CC(C)CN(C(=O)CC1(CN)CCC1)C1CCCC1. The third-order valence-electron chi connectivity index (χ3n) is 5.02. The standard InChI is InChI=1S/C16H30N2O/c1-13(2)11-18(14-6-3-4-7-14)15(19)10-16(12-17)8-5-9-16/h13-14H,3-12,17H2,1-2H3. The Labute approximate surface area is 117 Å². The minimum absolute atomic E-state index is 0.144. The molecule has 1 amide bonds. The van der Waals surface area contributed by atoms with E-state index < -0.39 is 0 Å². The largest absolute Gasteiger partial charge is 0.339 e. The Morgan fingerprint density at radius 3 is 2.32 bits per heavy atom. The predicted molar refractivity (Wildman–Crippen MR) is 78.8 cm³/mol. The lowest BCUT2D eigenvalue weighted by Gasteiger charge is -2.42. The molecule has 0 heterocycles. The molecule has 2 aliphatic rings. The van der Waals surface area contributed by atoms with Gasteiger partial charge in [-0.2, -0.15) is 0 Å². The lowest BCUT2D eigenvalue weighted by Crippen LogP contribution is -2.47. The van der Waals surface area contributed by atoms with Crippen molar-refractivity contribution in [1.82, 2.24) is 4.90 Å². The summed E-state index contributed by atoms with van der Waals surface area (Å²) in [6.45, 7) is 6.01. The van der Waals surface area contributed by atoms with E-state index in [9.17, 15) is 4.79 Å². The zero-order chi connectivity index (χ0) is 13.9. The lowest BCUT2D eigenvalue weighted by atomic mass is 9.66. The van der Waals surface area contributed by atoms with E-state index in [0.717, 1.165) is 19.4 Å². The first-order valence-corrected chi connectivity index (χ1v) is 8.06. The van der Waals surface area contributed by atoms with Crippen LogP contribution in [0.25, 0.3) is 0 Å². The number of carbonyl (C=O) groups is 1. The number of nitrogens with zero attached hydrogens (tertiary/aromatic N) is 1. The van der Waals surface area contributed by atoms with Crippen molar-refractivity contribution >= 4 is 5.91 Å². The molecule has 0 spiro atoms. The highest BCUT2D eigenvalue weighted by atomic mass is 16.2. The third-order valence-corrected chi connectivity index (χ3v) is 5.02. The van der Waals surface area contributed by atoms with Gasteiger partial charge < -0.3 is 10.6 Å². The van der Waals surface area contributed by atoms with Gasteiger partial charge in [-0.25, -0.2) is 0 Å². The van der Waals surface area contributed by atoms with Crippen LogP contribution in [0.2, 0.25) is 0 Å². The summed E-state index contributed by atoms with van der Waals surface area (Å²) in [6, 6.07) is 0.504. The monoisotopic (exact) mass is 266 g/mol. The number of nitrogens with two attached hydrogens (primary N) is 1. The molecular formula is C16H30N2O.